The van der Waals surface area contributed by atoms with Gasteiger partial charge in [0.15, 0.2) is 11.5 Å². The fourth-order valence-corrected chi connectivity index (χ4v) is 4.04. The number of aromatic nitrogens is 2. The van der Waals surface area contributed by atoms with Crippen LogP contribution in [0.1, 0.15) is 29.9 Å². The fraction of sp³-hybridized carbons (Fsp3) is 0.259. The second-order valence-electron chi connectivity index (χ2n) is 8.40. The zero-order valence-electron chi connectivity index (χ0n) is 19.3. The molecule has 0 fully saturated rings. The number of imidazole rings is 1. The minimum atomic E-state index is -0.189. The number of aryl methyl sites for hydroxylation is 1. The van der Waals surface area contributed by atoms with E-state index >= 15 is 0 Å². The highest BCUT2D eigenvalue weighted by Gasteiger charge is 2.18. The van der Waals surface area contributed by atoms with E-state index in [1.807, 2.05) is 85.1 Å². The van der Waals surface area contributed by atoms with E-state index < -0.39 is 0 Å². The lowest BCUT2D eigenvalue weighted by Crippen LogP contribution is -2.30. The summed E-state index contributed by atoms with van der Waals surface area (Å²) in [7, 11) is 0. The first-order chi connectivity index (χ1) is 16.6. The number of hydrogen-bond donors (Lipinski definition) is 1. The second kappa shape index (κ2) is 9.47. The molecule has 1 aliphatic rings. The summed E-state index contributed by atoms with van der Waals surface area (Å²) in [6.45, 7) is 5.47. The van der Waals surface area contributed by atoms with Gasteiger partial charge in [0.05, 0.1) is 17.1 Å². The van der Waals surface area contributed by atoms with Gasteiger partial charge in [-0.05, 0) is 55.8 Å². The van der Waals surface area contributed by atoms with Crippen molar-refractivity contribution < 1.29 is 19.0 Å². The van der Waals surface area contributed by atoms with Crippen molar-refractivity contribution in [3.8, 4) is 17.2 Å². The van der Waals surface area contributed by atoms with Gasteiger partial charge in [0, 0.05) is 0 Å². The lowest BCUT2D eigenvalue weighted by molar-refractivity contribution is -0.122. The van der Waals surface area contributed by atoms with Crippen molar-refractivity contribution in [3.63, 3.8) is 0 Å². The van der Waals surface area contributed by atoms with Gasteiger partial charge in [-0.2, -0.15) is 0 Å². The van der Waals surface area contributed by atoms with Gasteiger partial charge in [0.1, 0.15) is 37.9 Å². The molecule has 5 rings (SSSR count). The Kier molecular flexibility index (Phi) is 6.08. The van der Waals surface area contributed by atoms with Crippen molar-refractivity contribution in [2.45, 2.75) is 33.0 Å². The van der Waals surface area contributed by atoms with E-state index in [1.54, 1.807) is 0 Å². The van der Waals surface area contributed by atoms with Crippen LogP contribution in [0, 0.1) is 6.92 Å². The number of para-hydroxylation sites is 2. The maximum absolute atomic E-state index is 13.0. The Morgan fingerprint density at radius 1 is 1.06 bits per heavy atom. The minimum absolute atomic E-state index is 0.109. The molecule has 1 N–H and O–H groups in total. The van der Waals surface area contributed by atoms with Crippen LogP contribution in [0.15, 0.2) is 66.7 Å². The number of nitrogens with one attached hydrogen (secondary N) is 1. The summed E-state index contributed by atoms with van der Waals surface area (Å²) in [5, 5.41) is 3.09. The Morgan fingerprint density at radius 3 is 2.65 bits per heavy atom. The molecule has 0 unspecified atom stereocenters. The van der Waals surface area contributed by atoms with Gasteiger partial charge in [0.2, 0.25) is 5.91 Å². The number of carbonyl (C=O) groups is 1. The third-order valence-corrected chi connectivity index (χ3v) is 5.87. The molecule has 0 spiro atoms. The third-order valence-electron chi connectivity index (χ3n) is 5.87. The molecule has 0 saturated heterocycles. The molecular formula is C27H27N3O4. The molecule has 3 aromatic carbocycles. The lowest BCUT2D eigenvalue weighted by Gasteiger charge is -2.21. The van der Waals surface area contributed by atoms with E-state index in [2.05, 4.69) is 5.32 Å². The Labute approximate surface area is 198 Å². The number of amides is 1. The molecule has 1 aromatic heterocycles. The molecule has 34 heavy (non-hydrogen) atoms. The number of rotatable bonds is 7. The summed E-state index contributed by atoms with van der Waals surface area (Å²) in [4.78, 5) is 17.7. The van der Waals surface area contributed by atoms with E-state index in [4.69, 9.17) is 19.2 Å². The molecule has 0 saturated carbocycles. The van der Waals surface area contributed by atoms with E-state index in [9.17, 15) is 4.79 Å². The van der Waals surface area contributed by atoms with Gasteiger partial charge < -0.3 is 24.1 Å². The van der Waals surface area contributed by atoms with Gasteiger partial charge >= 0.3 is 0 Å². The van der Waals surface area contributed by atoms with Crippen molar-refractivity contribution in [3.05, 3.63) is 83.7 Å². The number of carbonyl (C=O) groups excluding carboxylic acids is 1. The predicted octanol–water partition coefficient (Wildman–Crippen LogP) is 4.57. The molecule has 1 aliphatic heterocycles. The van der Waals surface area contributed by atoms with Gasteiger partial charge in [-0.3, -0.25) is 4.79 Å². The molecule has 2 heterocycles. The summed E-state index contributed by atoms with van der Waals surface area (Å²) >= 11 is 0. The normalized spacial score (nSPS) is 13.5. The molecule has 7 heteroatoms. The predicted molar refractivity (Wildman–Crippen MR) is 129 cm³/mol. The number of hydrogen-bond acceptors (Lipinski definition) is 5. The van der Waals surface area contributed by atoms with Gasteiger partial charge in [0.25, 0.3) is 0 Å². The third kappa shape index (κ3) is 4.69. The lowest BCUT2D eigenvalue weighted by atomic mass is 10.1. The highest BCUT2D eigenvalue weighted by molar-refractivity contribution is 5.81. The topological polar surface area (TPSA) is 74.6 Å². The molecule has 0 aliphatic carbocycles. The van der Waals surface area contributed by atoms with Gasteiger partial charge in [-0.15, -0.1) is 0 Å². The van der Waals surface area contributed by atoms with Gasteiger partial charge in [-0.25, -0.2) is 4.98 Å². The highest BCUT2D eigenvalue weighted by atomic mass is 16.6. The number of benzene rings is 3. The summed E-state index contributed by atoms with van der Waals surface area (Å²) in [6, 6.07) is 21.2. The standard InChI is InChI=1S/C27H27N3O4/c1-18-7-10-21(11-8-18)34-17-26-29-22-5-3-4-6-23(22)30(26)16-27(31)28-19(2)20-9-12-24-25(15-20)33-14-13-32-24/h3-12,15,19H,13-14,16-17H2,1-2H3,(H,28,31)/t19-/m1/s1. The molecule has 1 atom stereocenters. The van der Waals surface area contributed by atoms with Crippen LogP contribution >= 0.6 is 0 Å². The van der Waals surface area contributed by atoms with E-state index in [0.29, 0.717) is 24.8 Å². The molecular weight excluding hydrogens is 430 g/mol. The Balaban J connectivity index is 1.31. The van der Waals surface area contributed by atoms with Crippen molar-refractivity contribution >= 4 is 16.9 Å². The first kappa shape index (κ1) is 21.8. The number of fused-ring (bicyclic) bond motifs is 2. The Hall–Kier alpha value is -4.00. The molecule has 0 bridgehead atoms. The zero-order valence-corrected chi connectivity index (χ0v) is 19.3. The average molecular weight is 458 g/mol. The van der Waals surface area contributed by atoms with Crippen LogP contribution in [0.3, 0.4) is 0 Å². The van der Waals surface area contributed by atoms with E-state index in [0.717, 1.165) is 28.1 Å². The van der Waals surface area contributed by atoms with Crippen molar-refractivity contribution in [2.75, 3.05) is 13.2 Å². The summed E-state index contributed by atoms with van der Waals surface area (Å²) in [6.07, 6.45) is 0. The summed E-state index contributed by atoms with van der Waals surface area (Å²) in [5.41, 5.74) is 3.85. The van der Waals surface area contributed by atoms with Crippen LogP contribution in [0.25, 0.3) is 11.0 Å². The fourth-order valence-electron chi connectivity index (χ4n) is 4.04. The quantitative estimate of drug-likeness (QED) is 0.440. The smallest absolute Gasteiger partial charge is 0.240 e. The molecule has 4 aromatic rings. The van der Waals surface area contributed by atoms with Crippen molar-refractivity contribution in [1.29, 1.82) is 0 Å². The monoisotopic (exact) mass is 457 g/mol. The first-order valence-corrected chi connectivity index (χ1v) is 11.4. The van der Waals surface area contributed by atoms with Crippen LogP contribution in [0.4, 0.5) is 0 Å². The molecule has 7 nitrogen and oxygen atoms in total. The van der Waals surface area contributed by atoms with Crippen LogP contribution in [0.5, 0.6) is 17.2 Å². The van der Waals surface area contributed by atoms with E-state index in [1.165, 1.54) is 5.56 Å². The molecule has 174 valence electrons. The van der Waals surface area contributed by atoms with Crippen molar-refractivity contribution in [2.24, 2.45) is 0 Å². The number of nitrogens with zero attached hydrogens (tertiary/aromatic N) is 2. The average Bonchev–Trinajstić information content (AvgIpc) is 3.20. The Bertz CT molecular complexity index is 1310. The van der Waals surface area contributed by atoms with Crippen LogP contribution in [-0.4, -0.2) is 28.7 Å². The maximum Gasteiger partial charge on any atom is 0.240 e. The number of ether oxygens (including phenoxy) is 3. The molecule has 1 amide bonds. The SMILES string of the molecule is Cc1ccc(OCc2nc3ccccc3n2CC(=O)N[C@H](C)c2ccc3c(c2)OCCO3)cc1. The van der Waals surface area contributed by atoms with E-state index in [-0.39, 0.29) is 25.1 Å². The first-order valence-electron chi connectivity index (χ1n) is 11.4. The summed E-state index contributed by atoms with van der Waals surface area (Å²) in [5.74, 6) is 2.80. The van der Waals surface area contributed by atoms with Crippen LogP contribution in [0.2, 0.25) is 0 Å². The minimum Gasteiger partial charge on any atom is -0.486 e. The van der Waals surface area contributed by atoms with Crippen LogP contribution in [-0.2, 0) is 17.9 Å². The zero-order chi connectivity index (χ0) is 23.5. The largest absolute Gasteiger partial charge is 0.486 e. The van der Waals surface area contributed by atoms with Crippen molar-refractivity contribution in [1.82, 2.24) is 14.9 Å². The highest BCUT2D eigenvalue weighted by Crippen LogP contribution is 2.32. The Morgan fingerprint density at radius 2 is 1.82 bits per heavy atom. The molecule has 0 radical (unpaired) electrons. The maximum atomic E-state index is 13.0. The van der Waals surface area contributed by atoms with Gasteiger partial charge in [-0.1, -0.05) is 35.9 Å². The van der Waals surface area contributed by atoms with Crippen LogP contribution < -0.4 is 19.5 Å². The second-order valence-corrected chi connectivity index (χ2v) is 8.40. The summed E-state index contributed by atoms with van der Waals surface area (Å²) < 4.78 is 19.1.